The number of aliphatic carboxylic acids is 1. The first-order valence-electron chi connectivity index (χ1n) is 9.16. The predicted molar refractivity (Wildman–Crippen MR) is 115 cm³/mol. The predicted octanol–water partition coefficient (Wildman–Crippen LogP) is 3.35. The third-order valence-corrected chi connectivity index (χ3v) is 5.67. The van der Waals surface area contributed by atoms with Gasteiger partial charge < -0.3 is 10.4 Å². The molecule has 28 heavy (non-hydrogen) atoms. The summed E-state index contributed by atoms with van der Waals surface area (Å²) in [7, 11) is 0. The van der Waals surface area contributed by atoms with E-state index in [0.29, 0.717) is 15.6 Å². The van der Waals surface area contributed by atoms with Crippen LogP contribution in [-0.2, 0) is 14.4 Å². The Morgan fingerprint density at radius 3 is 2.61 bits per heavy atom. The topological polar surface area (TPSA) is 86.7 Å². The number of nitrogens with one attached hydrogen (secondary N) is 1. The average molecular weight is 421 g/mol. The summed E-state index contributed by atoms with van der Waals surface area (Å²) in [6, 6.07) is 6.89. The van der Waals surface area contributed by atoms with Gasteiger partial charge in [0.1, 0.15) is 10.4 Å². The monoisotopic (exact) mass is 420 g/mol. The molecule has 1 aliphatic heterocycles. The molecule has 1 unspecified atom stereocenters. The molecule has 150 valence electrons. The number of rotatable bonds is 9. The van der Waals surface area contributed by atoms with E-state index in [1.165, 1.54) is 16.7 Å². The van der Waals surface area contributed by atoms with E-state index in [1.54, 1.807) is 6.08 Å². The third kappa shape index (κ3) is 6.17. The van der Waals surface area contributed by atoms with Crippen LogP contribution in [0.1, 0.15) is 43.7 Å². The summed E-state index contributed by atoms with van der Waals surface area (Å²) >= 11 is 6.48. The molecule has 1 aliphatic rings. The van der Waals surface area contributed by atoms with Crippen molar-refractivity contribution in [1.29, 1.82) is 0 Å². The zero-order chi connectivity index (χ0) is 20.7. The van der Waals surface area contributed by atoms with Crippen LogP contribution in [0.15, 0.2) is 29.2 Å². The summed E-state index contributed by atoms with van der Waals surface area (Å²) < 4.78 is 0.400. The Morgan fingerprint density at radius 1 is 1.32 bits per heavy atom. The maximum Gasteiger partial charge on any atom is 0.326 e. The lowest BCUT2D eigenvalue weighted by Gasteiger charge is -2.17. The van der Waals surface area contributed by atoms with Crippen molar-refractivity contribution >= 4 is 52.2 Å². The second-order valence-corrected chi connectivity index (χ2v) is 8.27. The number of carbonyl (C=O) groups excluding carboxylic acids is 2. The fourth-order valence-electron chi connectivity index (χ4n) is 2.65. The molecule has 0 aliphatic carbocycles. The Kier molecular flexibility index (Phi) is 8.19. The molecule has 0 spiro atoms. The number of amides is 2. The van der Waals surface area contributed by atoms with Crippen molar-refractivity contribution in [1.82, 2.24) is 10.2 Å². The summed E-state index contributed by atoms with van der Waals surface area (Å²) in [5, 5.41) is 11.7. The lowest BCUT2D eigenvalue weighted by molar-refractivity contribution is -0.142. The van der Waals surface area contributed by atoms with Crippen LogP contribution in [0.3, 0.4) is 0 Å². The number of carboxylic acid groups (broad SMARTS) is 1. The van der Waals surface area contributed by atoms with Gasteiger partial charge in [-0.25, -0.2) is 4.79 Å². The van der Waals surface area contributed by atoms with Crippen LogP contribution in [0.5, 0.6) is 0 Å². The van der Waals surface area contributed by atoms with Gasteiger partial charge in [0, 0.05) is 13.0 Å². The van der Waals surface area contributed by atoms with Gasteiger partial charge in [-0.05, 0) is 25.0 Å². The Balaban J connectivity index is 1.94. The zero-order valence-electron chi connectivity index (χ0n) is 15.9. The average Bonchev–Trinajstić information content (AvgIpc) is 2.91. The lowest BCUT2D eigenvalue weighted by Crippen LogP contribution is -2.42. The van der Waals surface area contributed by atoms with E-state index in [1.807, 2.05) is 38.1 Å². The lowest BCUT2D eigenvalue weighted by atomic mass is 10.1. The van der Waals surface area contributed by atoms with E-state index in [2.05, 4.69) is 5.32 Å². The number of benzene rings is 1. The number of thioether (sulfide) groups is 1. The van der Waals surface area contributed by atoms with Crippen LogP contribution < -0.4 is 5.32 Å². The number of thiocarbonyl (C=S) groups is 1. The molecule has 8 heteroatoms. The molecule has 2 amide bonds. The van der Waals surface area contributed by atoms with Gasteiger partial charge in [-0.1, -0.05) is 73.6 Å². The molecule has 0 bridgehead atoms. The fraction of sp³-hybridized carbons (Fsp3) is 0.400. The van der Waals surface area contributed by atoms with Crippen LogP contribution in [0, 0.1) is 6.92 Å². The SMILES string of the molecule is CCCCC(NC(=O)CCN1C(=O)/C(=C/c2ccc(C)cc2)SC1=S)C(=O)O. The van der Waals surface area contributed by atoms with Gasteiger partial charge in [0.15, 0.2) is 0 Å². The number of hydrogen-bond donors (Lipinski definition) is 2. The highest BCUT2D eigenvalue weighted by Gasteiger charge is 2.32. The van der Waals surface area contributed by atoms with Crippen molar-refractivity contribution in [2.75, 3.05) is 6.54 Å². The van der Waals surface area contributed by atoms with E-state index >= 15 is 0 Å². The standard InChI is InChI=1S/C20H24N2O4S2/c1-3-4-5-15(19(25)26)21-17(23)10-11-22-18(24)16(28-20(22)27)12-14-8-6-13(2)7-9-14/h6-9,12,15H,3-5,10-11H2,1-2H3,(H,21,23)(H,25,26)/b16-12-. The first-order chi connectivity index (χ1) is 13.3. The highest BCUT2D eigenvalue weighted by molar-refractivity contribution is 8.26. The van der Waals surface area contributed by atoms with Crippen molar-refractivity contribution in [3.8, 4) is 0 Å². The molecular formula is C20H24N2O4S2. The molecule has 0 saturated carbocycles. The van der Waals surface area contributed by atoms with Crippen LogP contribution in [0.2, 0.25) is 0 Å². The Labute approximate surface area is 174 Å². The zero-order valence-corrected chi connectivity index (χ0v) is 17.6. The third-order valence-electron chi connectivity index (χ3n) is 4.29. The van der Waals surface area contributed by atoms with Gasteiger partial charge in [0.25, 0.3) is 5.91 Å². The molecule has 2 rings (SSSR count). The van der Waals surface area contributed by atoms with Gasteiger partial charge in [-0.3, -0.25) is 14.5 Å². The molecule has 0 aromatic heterocycles. The van der Waals surface area contributed by atoms with Crippen molar-refractivity contribution in [2.24, 2.45) is 0 Å². The smallest absolute Gasteiger partial charge is 0.326 e. The highest BCUT2D eigenvalue weighted by Crippen LogP contribution is 2.32. The van der Waals surface area contributed by atoms with Crippen LogP contribution in [0.4, 0.5) is 0 Å². The first-order valence-corrected chi connectivity index (χ1v) is 10.4. The van der Waals surface area contributed by atoms with E-state index in [9.17, 15) is 19.5 Å². The molecule has 6 nitrogen and oxygen atoms in total. The molecule has 1 fully saturated rings. The fourth-order valence-corrected chi connectivity index (χ4v) is 3.96. The van der Waals surface area contributed by atoms with Gasteiger partial charge in [-0.15, -0.1) is 0 Å². The molecule has 0 radical (unpaired) electrons. The summed E-state index contributed by atoms with van der Waals surface area (Å²) in [4.78, 5) is 37.9. The minimum atomic E-state index is -1.05. The molecular weight excluding hydrogens is 396 g/mol. The largest absolute Gasteiger partial charge is 0.480 e. The van der Waals surface area contributed by atoms with E-state index in [-0.39, 0.29) is 18.9 Å². The van der Waals surface area contributed by atoms with Gasteiger partial charge in [0.2, 0.25) is 5.91 Å². The maximum absolute atomic E-state index is 12.6. The number of nitrogens with zero attached hydrogens (tertiary/aromatic N) is 1. The summed E-state index contributed by atoms with van der Waals surface area (Å²) in [6.07, 6.45) is 3.74. The van der Waals surface area contributed by atoms with Crippen LogP contribution >= 0.6 is 24.0 Å². The Morgan fingerprint density at radius 2 is 2.00 bits per heavy atom. The molecule has 2 N–H and O–H groups in total. The van der Waals surface area contributed by atoms with Crippen molar-refractivity contribution in [3.63, 3.8) is 0 Å². The number of unbranched alkanes of at least 4 members (excludes halogenated alkanes) is 1. The molecule has 1 aromatic rings. The first kappa shape index (κ1) is 22.1. The van der Waals surface area contributed by atoms with Crippen molar-refractivity contribution in [3.05, 3.63) is 40.3 Å². The van der Waals surface area contributed by atoms with Crippen LogP contribution in [-0.4, -0.2) is 44.7 Å². The molecule has 1 saturated heterocycles. The number of carboxylic acids is 1. The summed E-state index contributed by atoms with van der Waals surface area (Å²) in [6.45, 7) is 4.08. The van der Waals surface area contributed by atoms with Gasteiger partial charge in [-0.2, -0.15) is 0 Å². The second kappa shape index (κ2) is 10.4. The second-order valence-electron chi connectivity index (χ2n) is 6.59. The summed E-state index contributed by atoms with van der Waals surface area (Å²) in [5.41, 5.74) is 2.04. The highest BCUT2D eigenvalue weighted by atomic mass is 32.2. The quantitative estimate of drug-likeness (QED) is 0.471. The Bertz CT molecular complexity index is 790. The summed E-state index contributed by atoms with van der Waals surface area (Å²) in [5.74, 6) is -1.68. The number of carbonyl (C=O) groups is 3. The molecule has 1 heterocycles. The van der Waals surface area contributed by atoms with E-state index < -0.39 is 17.9 Å². The van der Waals surface area contributed by atoms with Gasteiger partial charge in [0.05, 0.1) is 4.91 Å². The van der Waals surface area contributed by atoms with Crippen LogP contribution in [0.25, 0.3) is 6.08 Å². The minimum absolute atomic E-state index is 0.000155. The van der Waals surface area contributed by atoms with E-state index in [0.717, 1.165) is 24.0 Å². The maximum atomic E-state index is 12.6. The number of hydrogen-bond acceptors (Lipinski definition) is 5. The van der Waals surface area contributed by atoms with Crippen molar-refractivity contribution in [2.45, 2.75) is 45.6 Å². The van der Waals surface area contributed by atoms with Gasteiger partial charge >= 0.3 is 5.97 Å². The Hall–Kier alpha value is -2.19. The minimum Gasteiger partial charge on any atom is -0.480 e. The molecule has 1 aromatic carbocycles. The van der Waals surface area contributed by atoms with E-state index in [4.69, 9.17) is 12.2 Å². The molecule has 1 atom stereocenters. The van der Waals surface area contributed by atoms with Crippen molar-refractivity contribution < 1.29 is 19.5 Å². The normalized spacial score (nSPS) is 16.5. The number of aryl methyl sites for hydroxylation is 1.